The van der Waals surface area contributed by atoms with E-state index in [4.69, 9.17) is 35.1 Å². The Bertz CT molecular complexity index is 107. The topological polar surface area (TPSA) is 141 Å². The summed E-state index contributed by atoms with van der Waals surface area (Å²) in [6.45, 7) is 7.74. The van der Waals surface area contributed by atoms with Gasteiger partial charge in [-0.15, -0.1) is 0 Å². The number of rotatable bonds is 0. The Morgan fingerprint density at radius 1 is 0.778 bits per heavy atom. The third-order valence-corrected chi connectivity index (χ3v) is 0. The van der Waals surface area contributed by atoms with Gasteiger partial charge in [-0.05, 0) is 34.6 Å². The number of carboxylic acids is 2. The maximum absolute atomic E-state index is 8.89. The third kappa shape index (κ3) is 12100. The first-order chi connectivity index (χ1) is 7.71. The molecule has 0 saturated carbocycles. The molecule has 0 atom stereocenters. The molecule has 0 rings (SSSR count). The van der Waals surface area contributed by atoms with Crippen LogP contribution in [0.4, 0.5) is 0 Å². The van der Waals surface area contributed by atoms with E-state index in [2.05, 4.69) is 0 Å². The van der Waals surface area contributed by atoms with Gasteiger partial charge < -0.3 is 35.1 Å². The van der Waals surface area contributed by atoms with Crippen LogP contribution in [0.25, 0.3) is 0 Å². The predicted molar refractivity (Wildman–Crippen MR) is 59.6 cm³/mol. The van der Waals surface area contributed by atoms with Gasteiger partial charge in [0.15, 0.2) is 0 Å². The van der Waals surface area contributed by atoms with Gasteiger partial charge in [-0.2, -0.15) is 0 Å². The van der Waals surface area contributed by atoms with Crippen molar-refractivity contribution < 1.29 is 55.5 Å². The van der Waals surface area contributed by atoms with E-state index in [1.165, 1.54) is 0 Å². The predicted octanol–water partition coefficient (Wildman–Crippen LogP) is -2.49. The molecule has 0 radical (unpaired) electrons. The fraction of sp³-hybridized carbons (Fsp3) is 0.800. The van der Waals surface area contributed by atoms with E-state index in [0.717, 1.165) is 13.8 Å². The minimum atomic E-state index is -1.08. The van der Waals surface area contributed by atoms with E-state index in [1.807, 2.05) is 0 Å². The second-order valence-corrected chi connectivity index (χ2v) is 1.93. The van der Waals surface area contributed by atoms with Crippen molar-refractivity contribution in [2.45, 2.75) is 34.6 Å². The first-order valence-electron chi connectivity index (χ1n) is 4.89. The molecular weight excluding hydrogens is 339 g/mol. The van der Waals surface area contributed by atoms with Crippen molar-refractivity contribution in [2.75, 3.05) is 19.8 Å². The molecule has 0 saturated heterocycles. The summed E-state index contributed by atoms with van der Waals surface area (Å²) in [5.74, 6) is -2.17. The Balaban J connectivity index is -0.0000000249. The molecule has 0 aliphatic carbocycles. The van der Waals surface area contributed by atoms with Gasteiger partial charge in [0, 0.05) is 31.8 Å². The average molecular weight is 363 g/mol. The quantitative estimate of drug-likeness (QED) is 0.405. The number of carbonyl (C=O) groups excluding carboxylic acids is 2. The molecule has 18 heavy (non-hydrogen) atoms. The van der Waals surface area contributed by atoms with Crippen LogP contribution in [0.15, 0.2) is 0 Å². The molecule has 0 aliphatic rings. The van der Waals surface area contributed by atoms with Crippen molar-refractivity contribution in [2.24, 2.45) is 0 Å². The van der Waals surface area contributed by atoms with Gasteiger partial charge >= 0.3 is 20.4 Å². The summed E-state index contributed by atoms with van der Waals surface area (Å²) in [7, 11) is 0. The number of carbonyl (C=O) groups is 2. The number of aliphatic carboxylic acids is 2. The Labute approximate surface area is 122 Å². The van der Waals surface area contributed by atoms with E-state index in [1.54, 1.807) is 20.8 Å². The Hall–Kier alpha value is -0.518. The van der Waals surface area contributed by atoms with Gasteiger partial charge in [-0.25, -0.2) is 0 Å². The molecule has 8 heteroatoms. The van der Waals surface area contributed by atoms with E-state index in [0.29, 0.717) is 0 Å². The molecule has 0 aromatic rings. The van der Waals surface area contributed by atoms with Crippen molar-refractivity contribution in [1.82, 2.24) is 0 Å². The van der Waals surface area contributed by atoms with Gasteiger partial charge in [-0.3, -0.25) is 0 Å². The molecule has 0 spiro atoms. The number of carboxylic acid groups (broad SMARTS) is 2. The molecule has 116 valence electrons. The fourth-order valence-electron chi connectivity index (χ4n) is 0. The zero-order valence-electron chi connectivity index (χ0n) is 11.4. The molecule has 0 unspecified atom stereocenters. The number of aliphatic hydroxyl groups excluding tert-OH is 3. The molecule has 0 aromatic carbocycles. The number of hydrogen-bond acceptors (Lipinski definition) is 7. The Morgan fingerprint density at radius 3 is 0.778 bits per heavy atom. The number of aliphatic hydroxyl groups is 3. The molecule has 0 amide bonds. The van der Waals surface area contributed by atoms with Crippen LogP contribution in [0, 0.1) is 0 Å². The molecule has 7 nitrogen and oxygen atoms in total. The minimum Gasteiger partial charge on any atom is -0.550 e. The van der Waals surface area contributed by atoms with Crippen LogP contribution < -0.4 is 10.2 Å². The molecule has 0 fully saturated rings. The van der Waals surface area contributed by atoms with Gasteiger partial charge in [0.25, 0.3) is 0 Å². The maximum atomic E-state index is 8.89. The van der Waals surface area contributed by atoms with Gasteiger partial charge in [-0.1, -0.05) is 0 Å². The Kier molecular flexibility index (Phi) is 110. The normalized spacial score (nSPS) is 5.78. The zero-order chi connectivity index (χ0) is 15.3. The zero-order valence-corrected chi connectivity index (χ0v) is 13.0. The summed E-state index contributed by atoms with van der Waals surface area (Å²) in [6, 6.07) is 0. The summed E-state index contributed by atoms with van der Waals surface area (Å²) in [5.41, 5.74) is 0. The van der Waals surface area contributed by atoms with Gasteiger partial charge in [0.2, 0.25) is 0 Å². The van der Waals surface area contributed by atoms with Crippen LogP contribution in [-0.2, 0) is 30.0 Å². The van der Waals surface area contributed by atoms with Crippen molar-refractivity contribution >= 4 is 11.9 Å². The van der Waals surface area contributed by atoms with Crippen LogP contribution in [-0.4, -0.2) is 47.1 Å². The summed E-state index contributed by atoms with van der Waals surface area (Å²) >= 11 is 0. The molecule has 0 heterocycles. The summed E-state index contributed by atoms with van der Waals surface area (Å²) < 4.78 is 0. The second kappa shape index (κ2) is 54.9. The van der Waals surface area contributed by atoms with E-state index in [-0.39, 0.29) is 40.2 Å². The van der Waals surface area contributed by atoms with Crippen LogP contribution >= 0.6 is 0 Å². The number of hydrogen-bond donors (Lipinski definition) is 3. The first kappa shape index (κ1) is 36.0. The van der Waals surface area contributed by atoms with E-state index in [9.17, 15) is 0 Å². The van der Waals surface area contributed by atoms with Crippen molar-refractivity contribution in [3.8, 4) is 0 Å². The molecule has 0 bridgehead atoms. The summed E-state index contributed by atoms with van der Waals surface area (Å²) in [4.78, 5) is 17.8. The third-order valence-electron chi connectivity index (χ3n) is 0. The van der Waals surface area contributed by atoms with Crippen LogP contribution in [0.3, 0.4) is 0 Å². The Morgan fingerprint density at radius 2 is 0.778 bits per heavy atom. The molecular formula is C10H24O7Pd. The van der Waals surface area contributed by atoms with Crippen LogP contribution in [0.1, 0.15) is 34.6 Å². The van der Waals surface area contributed by atoms with Crippen molar-refractivity contribution in [3.63, 3.8) is 0 Å². The van der Waals surface area contributed by atoms with Crippen LogP contribution in [0.5, 0.6) is 0 Å². The maximum Gasteiger partial charge on any atom is 2.00 e. The molecule has 0 aromatic heterocycles. The average Bonchev–Trinajstić information content (AvgIpc) is 2.03. The van der Waals surface area contributed by atoms with Crippen molar-refractivity contribution in [1.29, 1.82) is 0 Å². The van der Waals surface area contributed by atoms with Gasteiger partial charge in [0.1, 0.15) is 0 Å². The standard InChI is InChI=1S/2C2H4O2.3C2H6O.Pd/c2*1-2(3)4;3*1-2-3;/h2*1H3,(H,3,4);3*3H,2H2,1H3;/q;;;;;+2/p-2. The van der Waals surface area contributed by atoms with Crippen LogP contribution in [0.2, 0.25) is 0 Å². The second-order valence-electron chi connectivity index (χ2n) is 1.93. The van der Waals surface area contributed by atoms with E-state index >= 15 is 0 Å². The minimum absolute atomic E-state index is 0. The van der Waals surface area contributed by atoms with Gasteiger partial charge in [0.05, 0.1) is 0 Å². The monoisotopic (exact) mass is 362 g/mol. The van der Waals surface area contributed by atoms with Crippen molar-refractivity contribution in [3.05, 3.63) is 0 Å². The largest absolute Gasteiger partial charge is 2.00 e. The summed E-state index contributed by atoms with van der Waals surface area (Å²) in [5, 5.41) is 40.5. The smallest absolute Gasteiger partial charge is 0.550 e. The molecule has 0 aliphatic heterocycles. The first-order valence-corrected chi connectivity index (χ1v) is 4.89. The SMILES string of the molecule is CC(=O)[O-].CC(=O)[O-].CCO.CCO.CCO.[Pd+2]. The fourth-order valence-corrected chi connectivity index (χ4v) is 0. The summed E-state index contributed by atoms with van der Waals surface area (Å²) in [6.07, 6.45) is 0. The molecule has 3 N–H and O–H groups in total. The van der Waals surface area contributed by atoms with E-state index < -0.39 is 11.9 Å².